The third kappa shape index (κ3) is 2.45. The van der Waals surface area contributed by atoms with Crippen molar-refractivity contribution in [1.29, 1.82) is 0 Å². The molecule has 0 saturated heterocycles. The molecule has 0 spiro atoms. The standard InChI is InChI=1S/C11H10F2N4O/c1-17-9(5-6-14-17)15-11(18)16-10-7(12)3-2-4-8(10)13/h2-6H,1H3,(H2,15,16,18). The van der Waals surface area contributed by atoms with Gasteiger partial charge in [0.15, 0.2) is 0 Å². The summed E-state index contributed by atoms with van der Waals surface area (Å²) in [5.41, 5.74) is -0.489. The van der Waals surface area contributed by atoms with Crippen molar-refractivity contribution in [3.05, 3.63) is 42.1 Å². The zero-order valence-electron chi connectivity index (χ0n) is 9.45. The van der Waals surface area contributed by atoms with Gasteiger partial charge in [-0.3, -0.25) is 10.00 Å². The Hall–Kier alpha value is -2.44. The maximum atomic E-state index is 13.3. The normalized spacial score (nSPS) is 10.2. The van der Waals surface area contributed by atoms with Gasteiger partial charge in [0.05, 0.1) is 6.20 Å². The third-order valence-corrected chi connectivity index (χ3v) is 2.26. The summed E-state index contributed by atoms with van der Waals surface area (Å²) in [5.74, 6) is -1.27. The van der Waals surface area contributed by atoms with E-state index in [1.165, 1.54) is 16.9 Å². The van der Waals surface area contributed by atoms with Crippen LogP contribution in [0, 0.1) is 11.6 Å². The number of carbonyl (C=O) groups is 1. The molecule has 0 aliphatic carbocycles. The van der Waals surface area contributed by atoms with Crippen LogP contribution in [0.4, 0.5) is 25.1 Å². The van der Waals surface area contributed by atoms with Crippen LogP contribution >= 0.6 is 0 Å². The number of nitrogens with zero attached hydrogens (tertiary/aromatic N) is 2. The molecule has 0 unspecified atom stereocenters. The summed E-state index contributed by atoms with van der Waals surface area (Å²) in [4.78, 5) is 11.5. The van der Waals surface area contributed by atoms with Crippen molar-refractivity contribution >= 4 is 17.5 Å². The Balaban J connectivity index is 2.10. The van der Waals surface area contributed by atoms with Gasteiger partial charge in [0, 0.05) is 13.1 Å². The monoisotopic (exact) mass is 252 g/mol. The van der Waals surface area contributed by atoms with E-state index in [0.717, 1.165) is 12.1 Å². The van der Waals surface area contributed by atoms with Crippen molar-refractivity contribution in [3.8, 4) is 0 Å². The lowest BCUT2D eigenvalue weighted by Crippen LogP contribution is -2.22. The minimum absolute atomic E-state index is 0.407. The van der Waals surface area contributed by atoms with Crippen LogP contribution in [0.2, 0.25) is 0 Å². The molecule has 0 aliphatic rings. The predicted octanol–water partition coefficient (Wildman–Crippen LogP) is 2.34. The van der Waals surface area contributed by atoms with E-state index in [4.69, 9.17) is 0 Å². The molecule has 0 atom stereocenters. The molecule has 7 heteroatoms. The molecular formula is C11H10F2N4O. The lowest BCUT2D eigenvalue weighted by Gasteiger charge is -2.09. The number of para-hydroxylation sites is 1. The zero-order valence-corrected chi connectivity index (χ0v) is 9.45. The summed E-state index contributed by atoms with van der Waals surface area (Å²) in [6.07, 6.45) is 1.49. The van der Waals surface area contributed by atoms with Crippen LogP contribution in [0.25, 0.3) is 0 Å². The highest BCUT2D eigenvalue weighted by Crippen LogP contribution is 2.18. The number of carbonyl (C=O) groups excluding carboxylic acids is 1. The van der Waals surface area contributed by atoms with Gasteiger partial charge in [-0.15, -0.1) is 0 Å². The van der Waals surface area contributed by atoms with Crippen molar-refractivity contribution in [2.75, 3.05) is 10.6 Å². The maximum absolute atomic E-state index is 13.3. The first-order valence-corrected chi connectivity index (χ1v) is 5.08. The second-order valence-electron chi connectivity index (χ2n) is 3.52. The molecule has 1 aromatic carbocycles. The Morgan fingerprint density at radius 3 is 2.44 bits per heavy atom. The number of hydrogen-bond acceptors (Lipinski definition) is 2. The summed E-state index contributed by atoms with van der Waals surface area (Å²) in [5, 5.41) is 8.35. The molecule has 0 saturated carbocycles. The number of hydrogen-bond donors (Lipinski definition) is 2. The number of halogens is 2. The summed E-state index contributed by atoms with van der Waals surface area (Å²) < 4.78 is 28.0. The van der Waals surface area contributed by atoms with Crippen LogP contribution in [0.3, 0.4) is 0 Å². The fourth-order valence-electron chi connectivity index (χ4n) is 1.37. The first-order valence-electron chi connectivity index (χ1n) is 5.08. The van der Waals surface area contributed by atoms with Gasteiger partial charge in [0.2, 0.25) is 0 Å². The smallest absolute Gasteiger partial charge is 0.303 e. The number of rotatable bonds is 2. The fourth-order valence-corrected chi connectivity index (χ4v) is 1.37. The molecule has 0 aliphatic heterocycles. The Kier molecular flexibility index (Phi) is 3.22. The predicted molar refractivity (Wildman–Crippen MR) is 62.2 cm³/mol. The molecule has 2 rings (SSSR count). The van der Waals surface area contributed by atoms with Crippen LogP contribution in [0.5, 0.6) is 0 Å². The third-order valence-electron chi connectivity index (χ3n) is 2.26. The SMILES string of the molecule is Cn1nccc1NC(=O)Nc1c(F)cccc1F. The number of amides is 2. The Bertz CT molecular complexity index is 562. The van der Waals surface area contributed by atoms with E-state index in [-0.39, 0.29) is 0 Å². The molecule has 2 N–H and O–H groups in total. The molecule has 5 nitrogen and oxygen atoms in total. The molecule has 1 heterocycles. The van der Waals surface area contributed by atoms with E-state index < -0.39 is 23.4 Å². The molecule has 1 aromatic heterocycles. The minimum atomic E-state index is -0.838. The lowest BCUT2D eigenvalue weighted by molar-refractivity contribution is 0.261. The molecule has 18 heavy (non-hydrogen) atoms. The average molecular weight is 252 g/mol. The molecule has 2 amide bonds. The molecular weight excluding hydrogens is 242 g/mol. The molecule has 0 fully saturated rings. The number of benzene rings is 1. The van der Waals surface area contributed by atoms with Crippen LogP contribution in [-0.4, -0.2) is 15.8 Å². The number of nitrogens with one attached hydrogen (secondary N) is 2. The first-order chi connectivity index (χ1) is 8.58. The molecule has 0 bridgehead atoms. The van der Waals surface area contributed by atoms with Crippen molar-refractivity contribution in [2.24, 2.45) is 7.05 Å². The first kappa shape index (κ1) is 12.0. The second-order valence-corrected chi connectivity index (χ2v) is 3.52. The van der Waals surface area contributed by atoms with Crippen molar-refractivity contribution in [3.63, 3.8) is 0 Å². The van der Waals surface area contributed by atoms with Gasteiger partial charge in [-0.25, -0.2) is 13.6 Å². The highest BCUT2D eigenvalue weighted by atomic mass is 19.1. The number of anilines is 2. The van der Waals surface area contributed by atoms with Gasteiger partial charge in [-0.05, 0) is 12.1 Å². The van der Waals surface area contributed by atoms with Crippen molar-refractivity contribution in [2.45, 2.75) is 0 Å². The van der Waals surface area contributed by atoms with Gasteiger partial charge >= 0.3 is 6.03 Å². The van der Waals surface area contributed by atoms with E-state index in [0.29, 0.717) is 5.82 Å². The van der Waals surface area contributed by atoms with Crippen LogP contribution < -0.4 is 10.6 Å². The van der Waals surface area contributed by atoms with Gasteiger partial charge in [-0.2, -0.15) is 5.10 Å². The molecule has 94 valence electrons. The topological polar surface area (TPSA) is 59.0 Å². The summed E-state index contributed by atoms with van der Waals surface area (Å²) in [6.45, 7) is 0. The van der Waals surface area contributed by atoms with Gasteiger partial charge in [0.1, 0.15) is 23.1 Å². The lowest BCUT2D eigenvalue weighted by atomic mass is 10.3. The maximum Gasteiger partial charge on any atom is 0.325 e. The molecule has 2 aromatic rings. The largest absolute Gasteiger partial charge is 0.325 e. The highest BCUT2D eigenvalue weighted by Gasteiger charge is 2.12. The highest BCUT2D eigenvalue weighted by molar-refractivity contribution is 5.99. The number of urea groups is 1. The summed E-state index contributed by atoms with van der Waals surface area (Å²) in [6, 6.07) is 4.14. The average Bonchev–Trinajstić information content (AvgIpc) is 2.70. The Morgan fingerprint density at radius 2 is 1.89 bits per heavy atom. The minimum Gasteiger partial charge on any atom is -0.303 e. The van der Waals surface area contributed by atoms with Crippen LogP contribution in [0.1, 0.15) is 0 Å². The van der Waals surface area contributed by atoms with Gasteiger partial charge < -0.3 is 5.32 Å². The van der Waals surface area contributed by atoms with Gasteiger partial charge in [-0.1, -0.05) is 6.07 Å². The Morgan fingerprint density at radius 1 is 1.22 bits per heavy atom. The number of aryl methyl sites for hydroxylation is 1. The van der Waals surface area contributed by atoms with E-state index in [2.05, 4.69) is 15.7 Å². The fraction of sp³-hybridized carbons (Fsp3) is 0.0909. The summed E-state index contributed by atoms with van der Waals surface area (Å²) >= 11 is 0. The van der Waals surface area contributed by atoms with Crippen molar-refractivity contribution in [1.82, 2.24) is 9.78 Å². The second kappa shape index (κ2) is 4.82. The zero-order chi connectivity index (χ0) is 13.1. The van der Waals surface area contributed by atoms with E-state index in [1.807, 2.05) is 0 Å². The van der Waals surface area contributed by atoms with Crippen LogP contribution in [-0.2, 0) is 7.05 Å². The molecule has 0 radical (unpaired) electrons. The summed E-state index contributed by atoms with van der Waals surface area (Å²) in [7, 11) is 1.62. The van der Waals surface area contributed by atoms with Gasteiger partial charge in [0.25, 0.3) is 0 Å². The quantitative estimate of drug-likeness (QED) is 0.861. The Labute approximate surface area is 101 Å². The number of aromatic nitrogens is 2. The van der Waals surface area contributed by atoms with E-state index in [9.17, 15) is 13.6 Å². The van der Waals surface area contributed by atoms with E-state index >= 15 is 0 Å². The van der Waals surface area contributed by atoms with E-state index in [1.54, 1.807) is 13.1 Å². The van der Waals surface area contributed by atoms with Crippen molar-refractivity contribution < 1.29 is 13.6 Å². The van der Waals surface area contributed by atoms with Crippen LogP contribution in [0.15, 0.2) is 30.5 Å².